The lowest BCUT2D eigenvalue weighted by molar-refractivity contribution is 0.0822. The van der Waals surface area contributed by atoms with Crippen LogP contribution >= 0.6 is 11.3 Å². The molecular formula is C15H28N2S. The van der Waals surface area contributed by atoms with E-state index >= 15 is 0 Å². The Hall–Kier alpha value is -0.380. The zero-order chi connectivity index (χ0) is 13.9. The first kappa shape index (κ1) is 15.7. The van der Waals surface area contributed by atoms with Crippen molar-refractivity contribution >= 4 is 11.3 Å². The molecule has 0 bridgehead atoms. The lowest BCUT2D eigenvalue weighted by Crippen LogP contribution is -2.48. The van der Waals surface area contributed by atoms with Crippen molar-refractivity contribution < 1.29 is 0 Å². The Morgan fingerprint density at radius 1 is 1.39 bits per heavy atom. The van der Waals surface area contributed by atoms with Crippen molar-refractivity contribution in [2.75, 3.05) is 7.05 Å². The van der Waals surface area contributed by atoms with Gasteiger partial charge in [0.1, 0.15) is 0 Å². The number of likely N-dealkylation sites (N-methyl/N-ethyl adjacent to an activating group) is 1. The van der Waals surface area contributed by atoms with Crippen molar-refractivity contribution in [1.29, 1.82) is 0 Å². The van der Waals surface area contributed by atoms with Gasteiger partial charge in [0.25, 0.3) is 0 Å². The molecule has 18 heavy (non-hydrogen) atoms. The Balaban J connectivity index is 3.11. The van der Waals surface area contributed by atoms with Gasteiger partial charge in [-0.2, -0.15) is 0 Å². The second-order valence-corrected chi connectivity index (χ2v) is 6.71. The third-order valence-electron chi connectivity index (χ3n) is 4.28. The van der Waals surface area contributed by atoms with Gasteiger partial charge in [-0.15, -0.1) is 11.3 Å². The molecule has 0 fully saturated rings. The van der Waals surface area contributed by atoms with Crippen LogP contribution < -0.4 is 5.73 Å². The standard InChI is InChI=1S/C15H28N2S/c1-7-12(16)13(14-11(3)9-10-18-14)17(6)15(4,5)8-2/h9-10,12-13H,7-8,16H2,1-6H3. The van der Waals surface area contributed by atoms with E-state index in [9.17, 15) is 0 Å². The number of rotatable bonds is 6. The number of nitrogens with zero attached hydrogens (tertiary/aromatic N) is 1. The lowest BCUT2D eigenvalue weighted by atomic mass is 9.92. The van der Waals surface area contributed by atoms with Crippen LogP contribution in [0, 0.1) is 6.92 Å². The fraction of sp³-hybridized carbons (Fsp3) is 0.733. The molecule has 1 aromatic rings. The molecule has 0 saturated carbocycles. The average molecular weight is 268 g/mol. The predicted molar refractivity (Wildman–Crippen MR) is 82.2 cm³/mol. The van der Waals surface area contributed by atoms with Gasteiger partial charge in [0.15, 0.2) is 0 Å². The van der Waals surface area contributed by atoms with E-state index in [1.54, 1.807) is 0 Å². The van der Waals surface area contributed by atoms with E-state index in [0.717, 1.165) is 12.8 Å². The molecule has 0 aliphatic heterocycles. The molecule has 2 N–H and O–H groups in total. The second-order valence-electron chi connectivity index (χ2n) is 5.76. The highest BCUT2D eigenvalue weighted by molar-refractivity contribution is 7.10. The highest BCUT2D eigenvalue weighted by atomic mass is 32.1. The summed E-state index contributed by atoms with van der Waals surface area (Å²) in [6, 6.07) is 2.71. The normalized spacial score (nSPS) is 16.0. The minimum absolute atomic E-state index is 0.174. The molecule has 3 heteroatoms. The van der Waals surface area contributed by atoms with E-state index < -0.39 is 0 Å². The first-order valence-electron chi connectivity index (χ1n) is 6.87. The van der Waals surface area contributed by atoms with Crippen LogP contribution in [0.4, 0.5) is 0 Å². The van der Waals surface area contributed by atoms with Gasteiger partial charge >= 0.3 is 0 Å². The Bertz CT molecular complexity index is 370. The van der Waals surface area contributed by atoms with Crippen LogP contribution in [-0.4, -0.2) is 23.5 Å². The summed E-state index contributed by atoms with van der Waals surface area (Å²) >= 11 is 1.83. The van der Waals surface area contributed by atoms with E-state index in [1.807, 2.05) is 11.3 Å². The van der Waals surface area contributed by atoms with Gasteiger partial charge in [0.2, 0.25) is 0 Å². The zero-order valence-corrected chi connectivity index (χ0v) is 13.5. The molecule has 1 rings (SSSR count). The molecule has 1 heterocycles. The van der Waals surface area contributed by atoms with Crippen LogP contribution in [0.15, 0.2) is 11.4 Å². The molecule has 104 valence electrons. The molecule has 0 radical (unpaired) electrons. The van der Waals surface area contributed by atoms with Crippen molar-refractivity contribution in [3.63, 3.8) is 0 Å². The van der Waals surface area contributed by atoms with Gasteiger partial charge in [-0.25, -0.2) is 0 Å². The molecule has 0 spiro atoms. The molecule has 2 atom stereocenters. The first-order valence-corrected chi connectivity index (χ1v) is 7.75. The summed E-state index contributed by atoms with van der Waals surface area (Å²) in [5.41, 5.74) is 7.94. The van der Waals surface area contributed by atoms with Crippen molar-refractivity contribution in [3.8, 4) is 0 Å². The summed E-state index contributed by atoms with van der Waals surface area (Å²) in [6.07, 6.45) is 2.13. The average Bonchev–Trinajstić information content (AvgIpc) is 2.75. The maximum absolute atomic E-state index is 6.39. The van der Waals surface area contributed by atoms with Crippen LogP contribution in [0.25, 0.3) is 0 Å². The fourth-order valence-corrected chi connectivity index (χ4v) is 3.34. The largest absolute Gasteiger partial charge is 0.326 e. The Morgan fingerprint density at radius 2 is 2.00 bits per heavy atom. The molecule has 2 unspecified atom stereocenters. The van der Waals surface area contributed by atoms with Gasteiger partial charge in [-0.3, -0.25) is 4.90 Å². The van der Waals surface area contributed by atoms with Gasteiger partial charge in [-0.1, -0.05) is 13.8 Å². The molecular weight excluding hydrogens is 240 g/mol. The smallest absolute Gasteiger partial charge is 0.0597 e. The van der Waals surface area contributed by atoms with Crippen LogP contribution in [0.2, 0.25) is 0 Å². The van der Waals surface area contributed by atoms with Crippen molar-refractivity contribution in [3.05, 3.63) is 21.9 Å². The van der Waals surface area contributed by atoms with E-state index in [4.69, 9.17) is 5.73 Å². The number of thiophene rings is 1. The Labute approximate surface area is 116 Å². The monoisotopic (exact) mass is 268 g/mol. The summed E-state index contributed by atoms with van der Waals surface area (Å²) in [5, 5.41) is 2.17. The van der Waals surface area contributed by atoms with Crippen LogP contribution in [0.3, 0.4) is 0 Å². The van der Waals surface area contributed by atoms with Crippen LogP contribution in [0.1, 0.15) is 57.0 Å². The van der Waals surface area contributed by atoms with E-state index in [-0.39, 0.29) is 11.6 Å². The van der Waals surface area contributed by atoms with Crippen LogP contribution in [0.5, 0.6) is 0 Å². The SMILES string of the molecule is CCC(N)C(c1sccc1C)N(C)C(C)(C)CC. The summed E-state index contributed by atoms with van der Waals surface area (Å²) in [7, 11) is 2.21. The number of aryl methyl sites for hydroxylation is 1. The first-order chi connectivity index (χ1) is 8.35. The lowest BCUT2D eigenvalue weighted by Gasteiger charge is -2.43. The van der Waals surface area contributed by atoms with Gasteiger partial charge in [-0.05, 0) is 57.7 Å². The van der Waals surface area contributed by atoms with Crippen molar-refractivity contribution in [1.82, 2.24) is 4.90 Å². The van der Waals surface area contributed by atoms with Crippen molar-refractivity contribution in [2.24, 2.45) is 5.73 Å². The predicted octanol–water partition coefficient (Wildman–Crippen LogP) is 3.96. The minimum atomic E-state index is 0.174. The van der Waals surface area contributed by atoms with Crippen LogP contribution in [-0.2, 0) is 0 Å². The highest BCUT2D eigenvalue weighted by Crippen LogP contribution is 2.35. The topological polar surface area (TPSA) is 29.3 Å². The third-order valence-corrected chi connectivity index (χ3v) is 5.37. The maximum atomic E-state index is 6.39. The Kier molecular flexibility index (Phi) is 5.38. The van der Waals surface area contributed by atoms with E-state index in [2.05, 4.69) is 58.0 Å². The number of hydrogen-bond acceptors (Lipinski definition) is 3. The molecule has 1 aromatic heterocycles. The number of hydrogen-bond donors (Lipinski definition) is 1. The molecule has 0 aliphatic rings. The van der Waals surface area contributed by atoms with Gasteiger partial charge in [0, 0.05) is 16.5 Å². The summed E-state index contributed by atoms with van der Waals surface area (Å²) in [5.74, 6) is 0. The summed E-state index contributed by atoms with van der Waals surface area (Å²) in [4.78, 5) is 3.88. The van der Waals surface area contributed by atoms with Gasteiger partial charge < -0.3 is 5.73 Å². The van der Waals surface area contributed by atoms with E-state index in [1.165, 1.54) is 10.4 Å². The van der Waals surface area contributed by atoms with Gasteiger partial charge in [0.05, 0.1) is 6.04 Å². The second kappa shape index (κ2) is 6.18. The molecule has 2 nitrogen and oxygen atoms in total. The molecule has 0 aromatic carbocycles. The molecule has 0 amide bonds. The zero-order valence-electron chi connectivity index (χ0n) is 12.7. The molecule has 0 aliphatic carbocycles. The fourth-order valence-electron chi connectivity index (χ4n) is 2.19. The maximum Gasteiger partial charge on any atom is 0.0597 e. The highest BCUT2D eigenvalue weighted by Gasteiger charge is 2.33. The molecule has 0 saturated heterocycles. The summed E-state index contributed by atoms with van der Waals surface area (Å²) in [6.45, 7) is 11.2. The number of nitrogens with two attached hydrogens (primary N) is 1. The minimum Gasteiger partial charge on any atom is -0.326 e. The quantitative estimate of drug-likeness (QED) is 0.846. The summed E-state index contributed by atoms with van der Waals surface area (Å²) < 4.78 is 0. The Morgan fingerprint density at radius 3 is 2.39 bits per heavy atom. The van der Waals surface area contributed by atoms with Crippen molar-refractivity contribution in [2.45, 2.75) is 65.1 Å². The van der Waals surface area contributed by atoms with E-state index in [0.29, 0.717) is 6.04 Å². The third kappa shape index (κ3) is 3.14.